The number of H-pyrrole nitrogens is 2. The largest absolute Gasteiger partial charge is 0.480 e. The molecule has 2 rings (SSSR count). The van der Waals surface area contributed by atoms with Gasteiger partial charge in [0, 0.05) is 43.2 Å². The summed E-state index contributed by atoms with van der Waals surface area (Å²) in [4.78, 5) is 68.6. The van der Waals surface area contributed by atoms with Crippen LogP contribution in [0.4, 0.5) is 0 Å². The quantitative estimate of drug-likeness (QED) is 0.0575. The standard InChI is InChI=1S/C24H39N11O5/c1-3-13(2)19(35-20(36)16(25)7-14-9-28-11-31-14)22(38)34-18(8-15-10-29-12-32-15)21(37)33-17(23(39)40)5-4-6-30-24(26)27/h9-13,16-19H,3-8,25H2,1-2H3,(H,28,31)(H,29,32)(H,33,37)(H,34,38)(H,35,36)(H,39,40)(H4,26,27,30). The van der Waals surface area contributed by atoms with E-state index < -0.39 is 47.9 Å². The predicted octanol–water partition coefficient (Wildman–Crippen LogP) is -2.12. The van der Waals surface area contributed by atoms with E-state index in [1.165, 1.54) is 18.9 Å². The summed E-state index contributed by atoms with van der Waals surface area (Å²) >= 11 is 0. The number of aromatic amines is 2. The molecule has 0 saturated carbocycles. The van der Waals surface area contributed by atoms with Crippen LogP contribution in [-0.2, 0) is 32.0 Å². The van der Waals surface area contributed by atoms with Crippen molar-refractivity contribution in [2.75, 3.05) is 6.54 Å². The lowest BCUT2D eigenvalue weighted by molar-refractivity contribution is -0.142. The van der Waals surface area contributed by atoms with Crippen molar-refractivity contribution >= 4 is 29.7 Å². The van der Waals surface area contributed by atoms with Gasteiger partial charge in [-0.15, -0.1) is 0 Å². The number of aromatic nitrogens is 4. The maximum Gasteiger partial charge on any atom is 0.326 e. The molecule has 2 aromatic rings. The minimum absolute atomic E-state index is 0.00156. The molecule has 12 N–H and O–H groups in total. The maximum atomic E-state index is 13.4. The van der Waals surface area contributed by atoms with Gasteiger partial charge < -0.3 is 48.2 Å². The van der Waals surface area contributed by atoms with Crippen LogP contribution in [0.1, 0.15) is 44.5 Å². The SMILES string of the molecule is CCC(C)C(NC(=O)C(N)Cc1cnc[nH]1)C(=O)NC(Cc1cnc[nH]1)C(=O)NC(CCCN=C(N)N)C(=O)O. The second kappa shape index (κ2) is 15.8. The van der Waals surface area contributed by atoms with Crippen molar-refractivity contribution in [2.45, 2.75) is 70.1 Å². The molecule has 16 heteroatoms. The minimum atomic E-state index is -1.25. The first-order chi connectivity index (χ1) is 19.0. The number of carboxylic acid groups (broad SMARTS) is 1. The molecule has 16 nitrogen and oxygen atoms in total. The Morgan fingerprint density at radius 1 is 0.950 bits per heavy atom. The van der Waals surface area contributed by atoms with Crippen LogP contribution in [-0.4, -0.2) is 85.4 Å². The number of hydrogen-bond acceptors (Lipinski definition) is 8. The Labute approximate surface area is 231 Å². The first-order valence-electron chi connectivity index (χ1n) is 12.9. The van der Waals surface area contributed by atoms with Crippen LogP contribution in [0.15, 0.2) is 30.0 Å². The lowest BCUT2D eigenvalue weighted by Gasteiger charge is -2.28. The Kier molecular flexibility index (Phi) is 12.6. The second-order valence-electron chi connectivity index (χ2n) is 9.45. The highest BCUT2D eigenvalue weighted by molar-refractivity contribution is 5.94. The first kappa shape index (κ1) is 31.7. The van der Waals surface area contributed by atoms with Crippen LogP contribution in [0, 0.1) is 5.92 Å². The van der Waals surface area contributed by atoms with Crippen LogP contribution in [0.2, 0.25) is 0 Å². The number of aliphatic carboxylic acids is 1. The number of nitrogens with zero attached hydrogens (tertiary/aromatic N) is 3. The van der Waals surface area contributed by atoms with Gasteiger partial charge in [0.1, 0.15) is 18.1 Å². The molecule has 2 heterocycles. The van der Waals surface area contributed by atoms with Crippen molar-refractivity contribution in [2.24, 2.45) is 28.1 Å². The van der Waals surface area contributed by atoms with E-state index in [-0.39, 0.29) is 37.7 Å². The van der Waals surface area contributed by atoms with Gasteiger partial charge in [-0.1, -0.05) is 20.3 Å². The second-order valence-corrected chi connectivity index (χ2v) is 9.45. The number of aliphatic imine (C=N–C) groups is 1. The molecule has 0 fully saturated rings. The van der Waals surface area contributed by atoms with E-state index in [9.17, 15) is 24.3 Å². The summed E-state index contributed by atoms with van der Waals surface area (Å²) in [5.41, 5.74) is 17.8. The number of rotatable bonds is 17. The lowest BCUT2D eigenvalue weighted by atomic mass is 9.97. The molecule has 0 aliphatic heterocycles. The number of carbonyl (C=O) groups is 4. The van der Waals surface area contributed by atoms with E-state index in [0.29, 0.717) is 24.2 Å². The Morgan fingerprint density at radius 3 is 2.08 bits per heavy atom. The Morgan fingerprint density at radius 2 is 1.55 bits per heavy atom. The van der Waals surface area contributed by atoms with Crippen molar-refractivity contribution in [1.29, 1.82) is 0 Å². The topological polar surface area (TPSA) is 272 Å². The number of guanidine groups is 1. The Bertz CT molecular complexity index is 1120. The van der Waals surface area contributed by atoms with Gasteiger partial charge in [-0.25, -0.2) is 14.8 Å². The number of hydrogen-bond donors (Lipinski definition) is 9. The molecule has 5 unspecified atom stereocenters. The summed E-state index contributed by atoms with van der Waals surface area (Å²) in [6.45, 7) is 3.83. The third kappa shape index (κ3) is 10.4. The van der Waals surface area contributed by atoms with Gasteiger partial charge >= 0.3 is 5.97 Å². The molecule has 0 radical (unpaired) electrons. The van der Waals surface area contributed by atoms with Crippen molar-refractivity contribution in [3.8, 4) is 0 Å². The summed E-state index contributed by atoms with van der Waals surface area (Å²) in [6.07, 6.45) is 7.01. The zero-order valence-corrected chi connectivity index (χ0v) is 22.6. The highest BCUT2D eigenvalue weighted by Crippen LogP contribution is 2.11. The molecule has 0 aliphatic rings. The number of carbonyl (C=O) groups excluding carboxylic acids is 3. The Hall–Kier alpha value is -4.47. The van der Waals surface area contributed by atoms with Gasteiger partial charge in [-0.05, 0) is 18.8 Å². The zero-order valence-electron chi connectivity index (χ0n) is 22.6. The minimum Gasteiger partial charge on any atom is -0.480 e. The molecule has 3 amide bonds. The van der Waals surface area contributed by atoms with Crippen LogP contribution in [0.5, 0.6) is 0 Å². The fourth-order valence-corrected chi connectivity index (χ4v) is 3.81. The molecule has 220 valence electrons. The van der Waals surface area contributed by atoms with E-state index >= 15 is 0 Å². The molecule has 0 aromatic carbocycles. The van der Waals surface area contributed by atoms with E-state index in [4.69, 9.17) is 17.2 Å². The summed E-state index contributed by atoms with van der Waals surface area (Å²) < 4.78 is 0. The normalized spacial score (nSPS) is 14.7. The van der Waals surface area contributed by atoms with Crippen LogP contribution >= 0.6 is 0 Å². The molecular weight excluding hydrogens is 522 g/mol. The fourth-order valence-electron chi connectivity index (χ4n) is 3.81. The number of nitrogens with one attached hydrogen (secondary N) is 5. The molecular formula is C24H39N11O5. The third-order valence-corrected chi connectivity index (χ3v) is 6.30. The maximum absolute atomic E-state index is 13.4. The van der Waals surface area contributed by atoms with Crippen molar-refractivity contribution in [3.63, 3.8) is 0 Å². The number of imidazole rings is 2. The highest BCUT2D eigenvalue weighted by Gasteiger charge is 2.32. The number of carboxylic acids is 1. The average Bonchev–Trinajstić information content (AvgIpc) is 3.62. The summed E-state index contributed by atoms with van der Waals surface area (Å²) in [5, 5.41) is 17.5. The smallest absolute Gasteiger partial charge is 0.326 e. The van der Waals surface area contributed by atoms with Gasteiger partial charge in [0.25, 0.3) is 0 Å². The van der Waals surface area contributed by atoms with Gasteiger partial charge in [0.15, 0.2) is 5.96 Å². The van der Waals surface area contributed by atoms with Crippen molar-refractivity contribution in [1.82, 2.24) is 35.9 Å². The molecule has 0 saturated heterocycles. The summed E-state index contributed by atoms with van der Waals surface area (Å²) in [5.74, 6) is -3.56. The zero-order chi connectivity index (χ0) is 29.7. The first-order valence-corrected chi connectivity index (χ1v) is 12.9. The van der Waals surface area contributed by atoms with E-state index in [2.05, 4.69) is 40.9 Å². The molecule has 0 bridgehead atoms. The van der Waals surface area contributed by atoms with E-state index in [0.717, 1.165) is 0 Å². The average molecular weight is 562 g/mol. The van der Waals surface area contributed by atoms with Gasteiger partial charge in [-0.3, -0.25) is 19.4 Å². The van der Waals surface area contributed by atoms with Gasteiger partial charge in [-0.2, -0.15) is 0 Å². The third-order valence-electron chi connectivity index (χ3n) is 6.30. The number of amides is 3. The summed E-state index contributed by atoms with van der Waals surface area (Å²) in [7, 11) is 0. The highest BCUT2D eigenvalue weighted by atomic mass is 16.4. The molecule has 0 spiro atoms. The van der Waals surface area contributed by atoms with E-state index in [1.807, 2.05) is 6.92 Å². The van der Waals surface area contributed by atoms with Crippen molar-refractivity contribution in [3.05, 3.63) is 36.4 Å². The van der Waals surface area contributed by atoms with Crippen LogP contribution in [0.3, 0.4) is 0 Å². The monoisotopic (exact) mass is 561 g/mol. The van der Waals surface area contributed by atoms with Gasteiger partial charge in [0.2, 0.25) is 17.7 Å². The number of nitrogens with two attached hydrogens (primary N) is 3. The Balaban J connectivity index is 2.15. The summed E-state index contributed by atoms with van der Waals surface area (Å²) in [6, 6.07) is -4.36. The molecule has 40 heavy (non-hydrogen) atoms. The molecule has 2 aromatic heterocycles. The predicted molar refractivity (Wildman–Crippen MR) is 145 cm³/mol. The molecule has 0 aliphatic carbocycles. The molecule has 5 atom stereocenters. The van der Waals surface area contributed by atoms with Crippen molar-refractivity contribution < 1.29 is 24.3 Å². The van der Waals surface area contributed by atoms with Crippen LogP contribution in [0.25, 0.3) is 0 Å². The lowest BCUT2D eigenvalue weighted by Crippen LogP contribution is -2.59. The van der Waals surface area contributed by atoms with E-state index in [1.54, 1.807) is 13.1 Å². The van der Waals surface area contributed by atoms with Gasteiger partial charge in [0.05, 0.1) is 18.7 Å². The fraction of sp³-hybridized carbons (Fsp3) is 0.542. The van der Waals surface area contributed by atoms with Crippen LogP contribution < -0.4 is 33.2 Å².